The van der Waals surface area contributed by atoms with E-state index in [1.54, 1.807) is 47.0 Å². The fourth-order valence-electron chi connectivity index (χ4n) is 5.88. The number of nitrogens with zero attached hydrogens (tertiary/aromatic N) is 2. The van der Waals surface area contributed by atoms with Gasteiger partial charge in [-0.3, -0.25) is 14.4 Å². The second-order valence-electron chi connectivity index (χ2n) is 12.1. The number of anilines is 2. The molecule has 8 nitrogen and oxygen atoms in total. The molecular formula is C32H36FN5O3. The van der Waals surface area contributed by atoms with Gasteiger partial charge in [0.2, 0.25) is 17.7 Å². The van der Waals surface area contributed by atoms with Crippen LogP contribution in [0.15, 0.2) is 48.7 Å². The average molecular weight is 558 g/mol. The summed E-state index contributed by atoms with van der Waals surface area (Å²) in [5.41, 5.74) is 4.16. The van der Waals surface area contributed by atoms with Crippen LogP contribution in [0.1, 0.15) is 54.2 Å². The van der Waals surface area contributed by atoms with Crippen molar-refractivity contribution in [2.45, 2.75) is 59.0 Å². The summed E-state index contributed by atoms with van der Waals surface area (Å²) in [5, 5.41) is 8.93. The largest absolute Gasteiger partial charge is 0.329 e. The van der Waals surface area contributed by atoms with Crippen LogP contribution >= 0.6 is 0 Å². The summed E-state index contributed by atoms with van der Waals surface area (Å²) in [7, 11) is 1.81. The van der Waals surface area contributed by atoms with Gasteiger partial charge in [0.1, 0.15) is 18.2 Å². The Kier molecular flexibility index (Phi) is 7.42. The minimum Gasteiger partial charge on any atom is -0.329 e. The molecule has 1 atom stereocenters. The highest BCUT2D eigenvalue weighted by Crippen LogP contribution is 2.46. The standard InChI is InChI=1S/C32H36FN5O3/c1-19-11-22(16-34-5)23(13-26(19)33)17-38(30(41)31(2,3)4)18-27(39)36-24-9-8-20-14-32(15-21(20)12-24)25-7-6-10-35-28(25)37-29(32)40/h6-13,34H,14-18H2,1-5H3,(H,36,39)(H,35,37,40). The van der Waals surface area contributed by atoms with Crippen molar-refractivity contribution in [3.8, 4) is 0 Å². The molecule has 41 heavy (non-hydrogen) atoms. The van der Waals surface area contributed by atoms with Gasteiger partial charge in [-0.15, -0.1) is 0 Å². The van der Waals surface area contributed by atoms with E-state index >= 15 is 0 Å². The fourth-order valence-corrected chi connectivity index (χ4v) is 5.88. The maximum atomic E-state index is 14.5. The van der Waals surface area contributed by atoms with Crippen LogP contribution in [0, 0.1) is 18.2 Å². The van der Waals surface area contributed by atoms with E-state index in [4.69, 9.17) is 0 Å². The molecule has 1 aliphatic heterocycles. The molecule has 0 fully saturated rings. The van der Waals surface area contributed by atoms with Crippen molar-refractivity contribution in [2.75, 3.05) is 24.2 Å². The number of nitrogens with one attached hydrogen (secondary N) is 3. The molecule has 2 aliphatic rings. The van der Waals surface area contributed by atoms with E-state index in [1.165, 1.54) is 11.0 Å². The molecule has 1 aliphatic carbocycles. The Labute approximate surface area is 239 Å². The van der Waals surface area contributed by atoms with Crippen molar-refractivity contribution >= 4 is 29.2 Å². The molecule has 3 aromatic rings. The van der Waals surface area contributed by atoms with Gasteiger partial charge in [0.15, 0.2) is 0 Å². The summed E-state index contributed by atoms with van der Waals surface area (Å²) in [6.07, 6.45) is 2.74. The van der Waals surface area contributed by atoms with E-state index < -0.39 is 10.8 Å². The third-order valence-electron chi connectivity index (χ3n) is 7.94. The van der Waals surface area contributed by atoms with Crippen LogP contribution in [0.3, 0.4) is 0 Å². The van der Waals surface area contributed by atoms with Gasteiger partial charge in [0.25, 0.3) is 0 Å². The topological polar surface area (TPSA) is 103 Å². The zero-order valence-electron chi connectivity index (χ0n) is 24.2. The highest BCUT2D eigenvalue weighted by Gasteiger charge is 2.51. The second-order valence-corrected chi connectivity index (χ2v) is 12.1. The molecule has 1 unspecified atom stereocenters. The van der Waals surface area contributed by atoms with Gasteiger partial charge in [-0.25, -0.2) is 9.37 Å². The summed E-state index contributed by atoms with van der Waals surface area (Å²) < 4.78 is 14.5. The number of hydrogen-bond acceptors (Lipinski definition) is 5. The van der Waals surface area contributed by atoms with Crippen molar-refractivity contribution in [2.24, 2.45) is 5.41 Å². The van der Waals surface area contributed by atoms with Gasteiger partial charge >= 0.3 is 0 Å². The number of aromatic nitrogens is 1. The predicted octanol–water partition coefficient (Wildman–Crippen LogP) is 4.25. The quantitative estimate of drug-likeness (QED) is 0.403. The number of carbonyl (C=O) groups excluding carboxylic acids is 3. The lowest BCUT2D eigenvalue weighted by Crippen LogP contribution is -2.43. The van der Waals surface area contributed by atoms with Gasteiger partial charge in [-0.05, 0) is 78.9 Å². The minimum atomic E-state index is -0.735. The summed E-state index contributed by atoms with van der Waals surface area (Å²) in [6, 6.07) is 12.7. The van der Waals surface area contributed by atoms with Crippen LogP contribution in [0.25, 0.3) is 0 Å². The maximum Gasteiger partial charge on any atom is 0.244 e. The highest BCUT2D eigenvalue weighted by atomic mass is 19.1. The third kappa shape index (κ3) is 5.46. The molecule has 5 rings (SSSR count). The Hall–Kier alpha value is -4.11. The van der Waals surface area contributed by atoms with Crippen molar-refractivity contribution in [1.29, 1.82) is 0 Å². The van der Waals surface area contributed by atoms with E-state index in [2.05, 4.69) is 20.9 Å². The minimum absolute atomic E-state index is 0.0606. The highest BCUT2D eigenvalue weighted by molar-refractivity contribution is 6.06. The number of halogens is 1. The summed E-state index contributed by atoms with van der Waals surface area (Å²) in [5.74, 6) is -0.369. The van der Waals surface area contributed by atoms with E-state index in [0.717, 1.165) is 22.3 Å². The molecule has 214 valence electrons. The monoisotopic (exact) mass is 557 g/mol. The number of rotatable bonds is 7. The van der Waals surface area contributed by atoms with Crippen LogP contribution in [0.2, 0.25) is 0 Å². The molecule has 2 aromatic carbocycles. The number of hydrogen-bond donors (Lipinski definition) is 3. The van der Waals surface area contributed by atoms with E-state index in [-0.39, 0.29) is 36.6 Å². The Morgan fingerprint density at radius 1 is 1.10 bits per heavy atom. The molecule has 9 heteroatoms. The van der Waals surface area contributed by atoms with Crippen molar-refractivity contribution in [1.82, 2.24) is 15.2 Å². The molecule has 3 amide bonds. The van der Waals surface area contributed by atoms with Crippen molar-refractivity contribution in [3.05, 3.63) is 87.9 Å². The Morgan fingerprint density at radius 3 is 2.59 bits per heavy atom. The van der Waals surface area contributed by atoms with E-state index in [0.29, 0.717) is 42.0 Å². The first kappa shape index (κ1) is 28.4. The lowest BCUT2D eigenvalue weighted by Gasteiger charge is -2.30. The number of fused-ring (bicyclic) bond motifs is 3. The van der Waals surface area contributed by atoms with Crippen LogP contribution in [-0.4, -0.2) is 41.2 Å². The van der Waals surface area contributed by atoms with Crippen LogP contribution in [-0.2, 0) is 45.7 Å². The molecule has 0 saturated carbocycles. The van der Waals surface area contributed by atoms with Gasteiger partial charge in [0, 0.05) is 36.0 Å². The molecule has 1 aromatic heterocycles. The van der Waals surface area contributed by atoms with Gasteiger partial charge in [-0.2, -0.15) is 0 Å². The number of amides is 3. The van der Waals surface area contributed by atoms with Gasteiger partial charge in [0.05, 0.1) is 5.41 Å². The third-order valence-corrected chi connectivity index (χ3v) is 7.94. The number of aryl methyl sites for hydroxylation is 1. The number of pyridine rings is 1. The SMILES string of the molecule is CNCc1cc(C)c(F)cc1CN(CC(=O)Nc1ccc2c(c1)CC1(C2)C(=O)Nc2ncccc21)C(=O)C(C)(C)C. The summed E-state index contributed by atoms with van der Waals surface area (Å²) in [6.45, 7) is 7.53. The molecule has 2 heterocycles. The molecule has 0 bridgehead atoms. The molecule has 3 N–H and O–H groups in total. The molecule has 1 spiro atoms. The Morgan fingerprint density at radius 2 is 1.85 bits per heavy atom. The first-order chi connectivity index (χ1) is 19.4. The number of benzene rings is 2. The van der Waals surface area contributed by atoms with Crippen molar-refractivity contribution in [3.63, 3.8) is 0 Å². The van der Waals surface area contributed by atoms with Crippen LogP contribution in [0.5, 0.6) is 0 Å². The van der Waals surface area contributed by atoms with Crippen LogP contribution < -0.4 is 16.0 Å². The zero-order chi connectivity index (χ0) is 29.5. The van der Waals surface area contributed by atoms with E-state index in [1.807, 2.05) is 30.3 Å². The smallest absolute Gasteiger partial charge is 0.244 e. The lowest BCUT2D eigenvalue weighted by atomic mass is 9.79. The van der Waals surface area contributed by atoms with Crippen molar-refractivity contribution < 1.29 is 18.8 Å². The Bertz CT molecular complexity index is 1550. The maximum absolute atomic E-state index is 14.5. The lowest BCUT2D eigenvalue weighted by molar-refractivity contribution is -0.142. The summed E-state index contributed by atoms with van der Waals surface area (Å²) >= 11 is 0. The zero-order valence-corrected chi connectivity index (χ0v) is 24.2. The Balaban J connectivity index is 1.34. The first-order valence-corrected chi connectivity index (χ1v) is 13.8. The molecular weight excluding hydrogens is 521 g/mol. The second kappa shape index (κ2) is 10.7. The average Bonchev–Trinajstić information content (AvgIpc) is 3.42. The summed E-state index contributed by atoms with van der Waals surface area (Å²) in [4.78, 5) is 45.5. The molecule has 0 radical (unpaired) electrons. The number of carbonyl (C=O) groups is 3. The predicted molar refractivity (Wildman–Crippen MR) is 156 cm³/mol. The van der Waals surface area contributed by atoms with Gasteiger partial charge in [-0.1, -0.05) is 39.0 Å². The van der Waals surface area contributed by atoms with E-state index in [9.17, 15) is 18.8 Å². The fraction of sp³-hybridized carbons (Fsp3) is 0.375. The van der Waals surface area contributed by atoms with Crippen LogP contribution in [0.4, 0.5) is 15.9 Å². The normalized spacial score (nSPS) is 17.3. The molecule has 0 saturated heterocycles. The first-order valence-electron chi connectivity index (χ1n) is 13.8. The van der Waals surface area contributed by atoms with Gasteiger partial charge < -0.3 is 20.9 Å².